The fraction of sp³-hybridized carbons (Fsp3) is 0.500. The Kier molecular flexibility index (Phi) is 4.40. The Morgan fingerprint density at radius 2 is 2.00 bits per heavy atom. The summed E-state index contributed by atoms with van der Waals surface area (Å²) in [6, 6.07) is 5.37. The lowest BCUT2D eigenvalue weighted by Crippen LogP contribution is -2.50. The van der Waals surface area contributed by atoms with Crippen LogP contribution in [0.25, 0.3) is 0 Å². The highest BCUT2D eigenvalue weighted by molar-refractivity contribution is 5.49. The fourth-order valence-corrected chi connectivity index (χ4v) is 1.83. The number of benzene rings is 1. The first kappa shape index (κ1) is 13.8. The van der Waals surface area contributed by atoms with Gasteiger partial charge in [-0.25, -0.2) is 0 Å². The normalized spacial score (nSPS) is 13.5. The van der Waals surface area contributed by atoms with Crippen molar-refractivity contribution in [3.8, 4) is 0 Å². The molecule has 1 rings (SSSR count). The average Bonchev–Trinajstić information content (AvgIpc) is 2.23. The van der Waals surface area contributed by atoms with Crippen LogP contribution in [0.4, 0.5) is 18.9 Å². The second-order valence-corrected chi connectivity index (χ2v) is 3.92. The van der Waals surface area contributed by atoms with Crippen molar-refractivity contribution in [2.45, 2.75) is 26.1 Å². The van der Waals surface area contributed by atoms with E-state index in [-0.39, 0.29) is 6.54 Å². The van der Waals surface area contributed by atoms with Crippen molar-refractivity contribution in [1.82, 2.24) is 0 Å². The van der Waals surface area contributed by atoms with Crippen LogP contribution in [-0.2, 0) is 0 Å². The third-order valence-electron chi connectivity index (χ3n) is 2.65. The van der Waals surface area contributed by atoms with Gasteiger partial charge in [0, 0.05) is 18.8 Å². The van der Waals surface area contributed by atoms with Gasteiger partial charge in [-0.1, -0.05) is 12.1 Å². The molecule has 0 saturated carbocycles. The number of hydrogen-bond donors (Lipinski definition) is 1. The smallest absolute Gasteiger partial charge is 0.359 e. The van der Waals surface area contributed by atoms with Crippen LogP contribution in [0.3, 0.4) is 0 Å². The largest absolute Gasteiger partial charge is 0.409 e. The zero-order chi connectivity index (χ0) is 13.1. The van der Waals surface area contributed by atoms with Crippen LogP contribution < -0.4 is 10.6 Å². The maximum atomic E-state index is 12.8. The predicted octanol–water partition coefficient (Wildman–Crippen LogP) is 2.71. The van der Waals surface area contributed by atoms with Gasteiger partial charge in [0.05, 0.1) is 0 Å². The molecule has 1 aromatic carbocycles. The van der Waals surface area contributed by atoms with Gasteiger partial charge in [-0.05, 0) is 31.5 Å². The third kappa shape index (κ3) is 3.36. The molecule has 0 aliphatic rings. The number of rotatable bonds is 4. The lowest BCUT2D eigenvalue weighted by molar-refractivity contribution is -0.146. The fourth-order valence-electron chi connectivity index (χ4n) is 1.83. The summed E-state index contributed by atoms with van der Waals surface area (Å²) in [6.07, 6.45) is -4.31. The average molecular weight is 246 g/mol. The highest BCUT2D eigenvalue weighted by Gasteiger charge is 2.42. The summed E-state index contributed by atoms with van der Waals surface area (Å²) >= 11 is 0. The minimum Gasteiger partial charge on any atom is -0.359 e. The van der Waals surface area contributed by atoms with E-state index in [1.807, 2.05) is 13.0 Å². The summed E-state index contributed by atoms with van der Waals surface area (Å²) in [5.74, 6) is 0. The molecule has 17 heavy (non-hydrogen) atoms. The minimum atomic E-state index is -4.31. The molecule has 0 bridgehead atoms. The zero-order valence-electron chi connectivity index (χ0n) is 9.96. The Labute approximate surface area is 99.2 Å². The van der Waals surface area contributed by atoms with Gasteiger partial charge in [0.15, 0.2) is 0 Å². The molecule has 1 aromatic rings. The first-order valence-corrected chi connectivity index (χ1v) is 5.50. The molecule has 2 nitrogen and oxygen atoms in total. The molecule has 0 fully saturated rings. The molecule has 0 aliphatic heterocycles. The number of halogens is 3. The van der Waals surface area contributed by atoms with Crippen LogP contribution in [0.1, 0.15) is 12.5 Å². The molecule has 5 heteroatoms. The number of likely N-dealkylation sites (N-methyl/N-ethyl adjacent to an activating group) is 1. The Morgan fingerprint density at radius 1 is 1.35 bits per heavy atom. The molecule has 0 aromatic heterocycles. The van der Waals surface area contributed by atoms with Crippen LogP contribution in [-0.4, -0.2) is 25.3 Å². The van der Waals surface area contributed by atoms with E-state index in [4.69, 9.17) is 5.73 Å². The quantitative estimate of drug-likeness (QED) is 0.885. The number of hydrogen-bond acceptors (Lipinski definition) is 2. The van der Waals surface area contributed by atoms with E-state index in [1.54, 1.807) is 25.1 Å². The molecule has 2 N–H and O–H groups in total. The Morgan fingerprint density at radius 3 is 2.41 bits per heavy atom. The minimum absolute atomic E-state index is 0.269. The molecule has 1 unspecified atom stereocenters. The summed E-state index contributed by atoms with van der Waals surface area (Å²) < 4.78 is 38.5. The van der Waals surface area contributed by atoms with E-state index >= 15 is 0 Å². The van der Waals surface area contributed by atoms with Gasteiger partial charge < -0.3 is 10.6 Å². The summed E-state index contributed by atoms with van der Waals surface area (Å²) in [5.41, 5.74) is 6.73. The molecule has 0 saturated heterocycles. The summed E-state index contributed by atoms with van der Waals surface area (Å²) in [6.45, 7) is 3.37. The van der Waals surface area contributed by atoms with Crippen molar-refractivity contribution < 1.29 is 13.2 Å². The second kappa shape index (κ2) is 5.40. The van der Waals surface area contributed by atoms with E-state index in [0.717, 1.165) is 5.56 Å². The number of nitrogens with two attached hydrogens (primary N) is 1. The summed E-state index contributed by atoms with van der Waals surface area (Å²) in [5, 5.41) is 0. The molecular weight excluding hydrogens is 229 g/mol. The number of aryl methyl sites for hydroxylation is 1. The number of nitrogens with zero attached hydrogens (tertiary/aromatic N) is 1. The third-order valence-corrected chi connectivity index (χ3v) is 2.65. The van der Waals surface area contributed by atoms with Gasteiger partial charge >= 0.3 is 6.18 Å². The summed E-state index contributed by atoms with van der Waals surface area (Å²) in [7, 11) is 0. The Balaban J connectivity index is 3.05. The van der Waals surface area contributed by atoms with E-state index < -0.39 is 18.8 Å². The van der Waals surface area contributed by atoms with E-state index in [2.05, 4.69) is 0 Å². The van der Waals surface area contributed by atoms with Crippen molar-refractivity contribution in [2.24, 2.45) is 5.73 Å². The predicted molar refractivity (Wildman–Crippen MR) is 63.1 cm³/mol. The van der Waals surface area contributed by atoms with Crippen molar-refractivity contribution >= 4 is 5.69 Å². The van der Waals surface area contributed by atoms with Crippen LogP contribution in [0.5, 0.6) is 0 Å². The van der Waals surface area contributed by atoms with Crippen LogP contribution in [0.15, 0.2) is 24.3 Å². The van der Waals surface area contributed by atoms with Gasteiger partial charge in [0.25, 0.3) is 0 Å². The van der Waals surface area contributed by atoms with Crippen molar-refractivity contribution in [2.75, 3.05) is 18.0 Å². The van der Waals surface area contributed by atoms with Crippen molar-refractivity contribution in [3.63, 3.8) is 0 Å². The Bertz CT molecular complexity index is 363. The van der Waals surface area contributed by atoms with Crippen molar-refractivity contribution in [1.29, 1.82) is 0 Å². The molecule has 0 heterocycles. The molecule has 0 radical (unpaired) electrons. The van der Waals surface area contributed by atoms with E-state index in [9.17, 15) is 13.2 Å². The van der Waals surface area contributed by atoms with E-state index in [1.165, 1.54) is 4.90 Å². The van der Waals surface area contributed by atoms with Gasteiger partial charge in [0.2, 0.25) is 0 Å². The lowest BCUT2D eigenvalue weighted by Gasteiger charge is -2.33. The lowest BCUT2D eigenvalue weighted by atomic mass is 10.1. The first-order chi connectivity index (χ1) is 7.90. The number of alkyl halides is 3. The van der Waals surface area contributed by atoms with Crippen LogP contribution >= 0.6 is 0 Å². The second-order valence-electron chi connectivity index (χ2n) is 3.92. The van der Waals surface area contributed by atoms with Crippen LogP contribution in [0, 0.1) is 6.92 Å². The maximum Gasteiger partial charge on any atom is 0.409 e. The standard InChI is InChI=1S/C12H17F3N2/c1-3-17(11(8-16)12(13,14)15)10-6-4-5-9(2)7-10/h4-7,11H,3,8,16H2,1-2H3. The van der Waals surface area contributed by atoms with Crippen molar-refractivity contribution in [3.05, 3.63) is 29.8 Å². The topological polar surface area (TPSA) is 29.3 Å². The molecule has 0 amide bonds. The highest BCUT2D eigenvalue weighted by atomic mass is 19.4. The maximum absolute atomic E-state index is 12.8. The summed E-state index contributed by atoms with van der Waals surface area (Å²) in [4.78, 5) is 1.28. The van der Waals surface area contributed by atoms with Gasteiger partial charge in [0.1, 0.15) is 6.04 Å². The zero-order valence-corrected chi connectivity index (χ0v) is 9.96. The first-order valence-electron chi connectivity index (χ1n) is 5.50. The Hall–Kier alpha value is -1.23. The molecule has 96 valence electrons. The SMILES string of the molecule is CCN(c1cccc(C)c1)C(CN)C(F)(F)F. The molecular formula is C12H17F3N2. The molecule has 1 atom stereocenters. The van der Waals surface area contributed by atoms with E-state index in [0.29, 0.717) is 5.69 Å². The molecule has 0 spiro atoms. The van der Waals surface area contributed by atoms with Gasteiger partial charge in [-0.15, -0.1) is 0 Å². The van der Waals surface area contributed by atoms with Gasteiger partial charge in [-0.2, -0.15) is 13.2 Å². The number of anilines is 1. The van der Waals surface area contributed by atoms with Crippen LogP contribution in [0.2, 0.25) is 0 Å². The van der Waals surface area contributed by atoms with Gasteiger partial charge in [-0.3, -0.25) is 0 Å². The highest BCUT2D eigenvalue weighted by Crippen LogP contribution is 2.28. The monoisotopic (exact) mass is 246 g/mol. The molecule has 0 aliphatic carbocycles.